The van der Waals surface area contributed by atoms with Crippen molar-refractivity contribution in [2.45, 2.75) is 58.3 Å². The van der Waals surface area contributed by atoms with Crippen molar-refractivity contribution in [1.29, 1.82) is 0 Å². The molecular formula is C36H42O6. The van der Waals surface area contributed by atoms with Crippen LogP contribution >= 0.6 is 0 Å². The number of benzene rings is 3. The van der Waals surface area contributed by atoms with Gasteiger partial charge in [0.1, 0.15) is 17.2 Å². The molecule has 0 saturated heterocycles. The van der Waals surface area contributed by atoms with Crippen LogP contribution in [0.3, 0.4) is 0 Å². The molecule has 0 bridgehead atoms. The van der Waals surface area contributed by atoms with E-state index in [1.165, 1.54) is 31.8 Å². The van der Waals surface area contributed by atoms with Crippen LogP contribution in [0.15, 0.2) is 91.0 Å². The number of unbranched alkanes of at least 4 members (excludes halogenated alkanes) is 7. The Hall–Kier alpha value is -4.32. The molecule has 3 aromatic carbocycles. The van der Waals surface area contributed by atoms with Crippen molar-refractivity contribution in [1.82, 2.24) is 0 Å². The second kappa shape index (κ2) is 18.2. The lowest BCUT2D eigenvalue weighted by molar-refractivity contribution is -0.139. The standard InChI is InChI=1S/C36H42O6/c1-28(2)36(38)41-27-11-9-7-5-4-6-8-10-26-40-33-21-15-30(16-22-33)31-17-23-34(24-18-31)42-35(37)25-14-29-12-19-32(39-3)20-13-29/h12-25H,1,4-11,26-27H2,2-3H3/b25-14+. The highest BCUT2D eigenvalue weighted by Gasteiger charge is 2.04. The second-order valence-corrected chi connectivity index (χ2v) is 10.2. The first-order valence-corrected chi connectivity index (χ1v) is 14.6. The van der Waals surface area contributed by atoms with Gasteiger partial charge in [0, 0.05) is 11.6 Å². The molecule has 3 rings (SSSR count). The van der Waals surface area contributed by atoms with Gasteiger partial charge in [0.25, 0.3) is 0 Å². The third-order valence-electron chi connectivity index (χ3n) is 6.68. The van der Waals surface area contributed by atoms with Crippen LogP contribution in [-0.4, -0.2) is 32.3 Å². The van der Waals surface area contributed by atoms with Crippen molar-refractivity contribution in [3.8, 4) is 28.4 Å². The van der Waals surface area contributed by atoms with E-state index in [1.807, 2.05) is 60.7 Å². The zero-order chi connectivity index (χ0) is 30.0. The van der Waals surface area contributed by atoms with Gasteiger partial charge in [0.05, 0.1) is 20.3 Å². The highest BCUT2D eigenvalue weighted by molar-refractivity contribution is 5.89. The summed E-state index contributed by atoms with van der Waals surface area (Å²) in [5, 5.41) is 0. The van der Waals surface area contributed by atoms with E-state index in [1.54, 1.807) is 32.2 Å². The lowest BCUT2D eigenvalue weighted by Crippen LogP contribution is -2.05. The Bertz CT molecular complexity index is 1270. The third-order valence-corrected chi connectivity index (χ3v) is 6.68. The summed E-state index contributed by atoms with van der Waals surface area (Å²) >= 11 is 0. The van der Waals surface area contributed by atoms with E-state index >= 15 is 0 Å². The molecule has 222 valence electrons. The molecule has 0 aliphatic carbocycles. The molecule has 42 heavy (non-hydrogen) atoms. The highest BCUT2D eigenvalue weighted by Crippen LogP contribution is 2.25. The molecule has 0 saturated carbocycles. The van der Waals surface area contributed by atoms with E-state index in [0.29, 0.717) is 24.5 Å². The van der Waals surface area contributed by atoms with Crippen molar-refractivity contribution in [3.63, 3.8) is 0 Å². The fourth-order valence-corrected chi connectivity index (χ4v) is 4.23. The summed E-state index contributed by atoms with van der Waals surface area (Å²) in [4.78, 5) is 23.5. The summed E-state index contributed by atoms with van der Waals surface area (Å²) in [6.45, 7) is 6.44. The van der Waals surface area contributed by atoms with E-state index < -0.39 is 5.97 Å². The van der Waals surface area contributed by atoms with Gasteiger partial charge in [-0.1, -0.05) is 81.5 Å². The van der Waals surface area contributed by atoms with Gasteiger partial charge in [-0.15, -0.1) is 0 Å². The fraction of sp³-hybridized carbons (Fsp3) is 0.333. The maximum absolute atomic E-state index is 12.2. The predicted molar refractivity (Wildman–Crippen MR) is 168 cm³/mol. The first-order chi connectivity index (χ1) is 20.4. The van der Waals surface area contributed by atoms with Crippen LogP contribution in [-0.2, 0) is 14.3 Å². The molecule has 0 heterocycles. The van der Waals surface area contributed by atoms with Crippen LogP contribution in [0.25, 0.3) is 17.2 Å². The average Bonchev–Trinajstić information content (AvgIpc) is 3.01. The number of hydrogen-bond acceptors (Lipinski definition) is 6. The molecule has 0 atom stereocenters. The van der Waals surface area contributed by atoms with E-state index in [-0.39, 0.29) is 5.97 Å². The molecule has 0 aliphatic rings. The molecule has 0 fully saturated rings. The molecule has 6 nitrogen and oxygen atoms in total. The lowest BCUT2D eigenvalue weighted by Gasteiger charge is -2.08. The molecule has 0 aromatic heterocycles. The van der Waals surface area contributed by atoms with Crippen molar-refractivity contribution < 1.29 is 28.5 Å². The van der Waals surface area contributed by atoms with Gasteiger partial charge in [0.2, 0.25) is 0 Å². The Kier molecular flexibility index (Phi) is 13.9. The van der Waals surface area contributed by atoms with Gasteiger partial charge in [0.15, 0.2) is 0 Å². The monoisotopic (exact) mass is 570 g/mol. The third kappa shape index (κ3) is 12.0. The lowest BCUT2D eigenvalue weighted by atomic mass is 10.1. The first-order valence-electron chi connectivity index (χ1n) is 14.6. The molecule has 0 radical (unpaired) electrons. The Morgan fingerprint density at radius 3 is 1.71 bits per heavy atom. The van der Waals surface area contributed by atoms with Crippen LogP contribution in [0.4, 0.5) is 0 Å². The van der Waals surface area contributed by atoms with Gasteiger partial charge in [-0.05, 0) is 78.9 Å². The summed E-state index contributed by atoms with van der Waals surface area (Å²) in [7, 11) is 1.62. The zero-order valence-corrected chi connectivity index (χ0v) is 24.8. The van der Waals surface area contributed by atoms with Crippen LogP contribution in [0.1, 0.15) is 63.9 Å². The second-order valence-electron chi connectivity index (χ2n) is 10.2. The van der Waals surface area contributed by atoms with E-state index in [4.69, 9.17) is 18.9 Å². The summed E-state index contributed by atoms with van der Waals surface area (Å²) in [6, 6.07) is 22.9. The minimum absolute atomic E-state index is 0.296. The van der Waals surface area contributed by atoms with Crippen LogP contribution in [0.2, 0.25) is 0 Å². The maximum Gasteiger partial charge on any atom is 0.336 e. The Morgan fingerprint density at radius 2 is 1.17 bits per heavy atom. The topological polar surface area (TPSA) is 71.1 Å². The number of carbonyl (C=O) groups is 2. The van der Waals surface area contributed by atoms with Crippen molar-refractivity contribution in [2.24, 2.45) is 0 Å². The molecule has 6 heteroatoms. The van der Waals surface area contributed by atoms with Crippen molar-refractivity contribution >= 4 is 18.0 Å². The summed E-state index contributed by atoms with van der Waals surface area (Å²) in [5.41, 5.74) is 3.43. The van der Waals surface area contributed by atoms with Gasteiger partial charge in [-0.25, -0.2) is 9.59 Å². The number of carbonyl (C=O) groups excluding carboxylic acids is 2. The Balaban J connectivity index is 1.27. The quantitative estimate of drug-likeness (QED) is 0.0660. The van der Waals surface area contributed by atoms with Gasteiger partial charge >= 0.3 is 11.9 Å². The summed E-state index contributed by atoms with van der Waals surface area (Å²) in [6.07, 6.45) is 12.1. The molecule has 3 aromatic rings. The van der Waals surface area contributed by atoms with E-state index in [9.17, 15) is 9.59 Å². The number of rotatable bonds is 18. The predicted octanol–water partition coefficient (Wildman–Crippen LogP) is 8.60. The Labute approximate surface area is 250 Å². The minimum atomic E-state index is -0.434. The van der Waals surface area contributed by atoms with E-state index in [2.05, 4.69) is 6.58 Å². The zero-order valence-electron chi connectivity index (χ0n) is 24.8. The van der Waals surface area contributed by atoms with Crippen molar-refractivity contribution in [2.75, 3.05) is 20.3 Å². The largest absolute Gasteiger partial charge is 0.497 e. The molecule has 0 aliphatic heterocycles. The van der Waals surface area contributed by atoms with Gasteiger partial charge < -0.3 is 18.9 Å². The maximum atomic E-state index is 12.2. The Morgan fingerprint density at radius 1 is 0.667 bits per heavy atom. The van der Waals surface area contributed by atoms with E-state index in [0.717, 1.165) is 53.9 Å². The minimum Gasteiger partial charge on any atom is -0.497 e. The SMILES string of the molecule is C=C(C)C(=O)OCCCCCCCCCCOc1ccc(-c2ccc(OC(=O)/C=C/c3ccc(OC)cc3)cc2)cc1. The smallest absolute Gasteiger partial charge is 0.336 e. The van der Waals surface area contributed by atoms with Gasteiger partial charge in [-0.3, -0.25) is 0 Å². The van der Waals surface area contributed by atoms with Crippen LogP contribution < -0.4 is 14.2 Å². The number of esters is 2. The summed E-state index contributed by atoms with van der Waals surface area (Å²) in [5.74, 6) is 1.39. The van der Waals surface area contributed by atoms with Crippen LogP contribution in [0, 0.1) is 0 Å². The number of methoxy groups -OCH3 is 1. The molecule has 0 N–H and O–H groups in total. The van der Waals surface area contributed by atoms with Gasteiger partial charge in [-0.2, -0.15) is 0 Å². The molecular weight excluding hydrogens is 528 g/mol. The number of hydrogen-bond donors (Lipinski definition) is 0. The average molecular weight is 571 g/mol. The first kappa shape index (κ1) is 32.2. The number of ether oxygens (including phenoxy) is 4. The fourth-order valence-electron chi connectivity index (χ4n) is 4.23. The summed E-state index contributed by atoms with van der Waals surface area (Å²) < 4.78 is 21.6. The van der Waals surface area contributed by atoms with Crippen LogP contribution in [0.5, 0.6) is 17.2 Å². The van der Waals surface area contributed by atoms with Crippen molar-refractivity contribution in [3.05, 3.63) is 96.6 Å². The molecule has 0 amide bonds. The molecule has 0 spiro atoms. The normalized spacial score (nSPS) is 10.8. The highest BCUT2D eigenvalue weighted by atomic mass is 16.5. The molecule has 0 unspecified atom stereocenters.